The smallest absolute Gasteiger partial charge is 0.313 e. The molecule has 1 spiro atoms. The maximum absolute atomic E-state index is 14.7. The van der Waals surface area contributed by atoms with Gasteiger partial charge in [-0.2, -0.15) is 0 Å². The maximum Gasteiger partial charge on any atom is 0.313 e. The van der Waals surface area contributed by atoms with E-state index in [0.717, 1.165) is 18.8 Å². The third kappa shape index (κ3) is 7.20. The fourth-order valence-corrected chi connectivity index (χ4v) is 7.86. The van der Waals surface area contributed by atoms with Crippen LogP contribution >= 0.6 is 0 Å². The van der Waals surface area contributed by atoms with Crippen molar-refractivity contribution < 1.29 is 33.8 Å². The number of ether oxygens (including phenoxy) is 2. The Morgan fingerprint density at radius 3 is 2.42 bits per heavy atom. The van der Waals surface area contributed by atoms with Gasteiger partial charge in [0.15, 0.2) is 0 Å². The number of anilines is 2. The van der Waals surface area contributed by atoms with E-state index in [1.165, 1.54) is 4.90 Å². The van der Waals surface area contributed by atoms with E-state index in [1.54, 1.807) is 17.1 Å². The SMILES string of the molecule is C=CCCC(=O)NC[C@@H](OC(=O)[C@@H]1[C@@H]2CC[C@]3(O2)[C@H](C(=O)N(CC=C)c2ccc(N(CC)CC)cc2)N(CCCO)C(=O)[C@@H]13)c1ccccc1. The number of aliphatic hydroxyl groups is 1. The Balaban J connectivity index is 1.44. The Kier molecular flexibility index (Phi) is 12.1. The Morgan fingerprint density at radius 2 is 1.78 bits per heavy atom. The first kappa shape index (κ1) is 36.8. The molecule has 0 unspecified atom stereocenters. The number of rotatable bonds is 18. The summed E-state index contributed by atoms with van der Waals surface area (Å²) >= 11 is 0. The quantitative estimate of drug-likeness (QED) is 0.177. The van der Waals surface area contributed by atoms with Gasteiger partial charge in [-0.3, -0.25) is 19.2 Å². The fourth-order valence-electron chi connectivity index (χ4n) is 7.86. The number of nitrogens with one attached hydrogen (secondary N) is 1. The minimum absolute atomic E-state index is 0.0566. The van der Waals surface area contributed by atoms with Gasteiger partial charge in [-0.25, -0.2) is 0 Å². The molecule has 0 saturated carbocycles. The van der Waals surface area contributed by atoms with Crippen LogP contribution in [0.25, 0.3) is 0 Å². The zero-order valence-corrected chi connectivity index (χ0v) is 29.2. The molecule has 2 bridgehead atoms. The Bertz CT molecular complexity index is 1530. The summed E-state index contributed by atoms with van der Waals surface area (Å²) in [6.07, 6.45) is 3.86. The molecule has 6 atom stereocenters. The predicted molar refractivity (Wildman–Crippen MR) is 191 cm³/mol. The molecule has 3 saturated heterocycles. The second-order valence-electron chi connectivity index (χ2n) is 13.1. The number of hydrogen-bond acceptors (Lipinski definition) is 8. The summed E-state index contributed by atoms with van der Waals surface area (Å²) in [5, 5.41) is 12.6. The first-order valence-electron chi connectivity index (χ1n) is 17.7. The summed E-state index contributed by atoms with van der Waals surface area (Å²) in [6, 6.07) is 15.9. The molecule has 0 radical (unpaired) electrons. The second kappa shape index (κ2) is 16.5. The summed E-state index contributed by atoms with van der Waals surface area (Å²) in [5.41, 5.74) is 1.16. The highest BCUT2D eigenvalue weighted by atomic mass is 16.6. The highest BCUT2D eigenvalue weighted by molar-refractivity contribution is 6.04. The van der Waals surface area contributed by atoms with E-state index in [9.17, 15) is 24.3 Å². The van der Waals surface area contributed by atoms with Crippen LogP contribution in [0.1, 0.15) is 57.6 Å². The third-order valence-corrected chi connectivity index (χ3v) is 10.2. The number of benzene rings is 2. The Morgan fingerprint density at radius 1 is 1.08 bits per heavy atom. The van der Waals surface area contributed by atoms with Crippen molar-refractivity contribution in [2.24, 2.45) is 11.8 Å². The Hall–Kier alpha value is -4.48. The first-order valence-corrected chi connectivity index (χ1v) is 17.7. The summed E-state index contributed by atoms with van der Waals surface area (Å²) in [4.78, 5) is 61.0. The van der Waals surface area contributed by atoms with Crippen molar-refractivity contribution in [1.82, 2.24) is 10.2 Å². The zero-order valence-electron chi connectivity index (χ0n) is 29.2. The number of carbonyl (C=O) groups excluding carboxylic acids is 4. The molecule has 3 aliphatic rings. The standard InChI is InChI=1S/C39H50N4O7/c1-5-9-16-32(45)40-26-31(27-14-11-10-12-15-27)49-38(48)33-30-21-22-39(50-30)34(33)36(46)43(24-13-25-44)35(39)37(47)42(23-6-2)29-19-17-28(18-20-29)41(7-3)8-4/h5-6,10-12,14-15,17-20,30-31,33-35,44H,1-2,7-9,13,16,21-26H2,3-4H3,(H,40,45)/t30-,31+,33+,34+,35-,39+/m0/s1. The lowest BCUT2D eigenvalue weighted by molar-refractivity contribution is -0.160. The molecular formula is C39H50N4O7. The molecule has 3 aliphatic heterocycles. The topological polar surface area (TPSA) is 129 Å². The van der Waals surface area contributed by atoms with Crippen molar-refractivity contribution in [3.05, 3.63) is 85.5 Å². The minimum Gasteiger partial charge on any atom is -0.455 e. The number of fused-ring (bicyclic) bond motifs is 1. The van der Waals surface area contributed by atoms with Gasteiger partial charge in [0.05, 0.1) is 24.5 Å². The van der Waals surface area contributed by atoms with Crippen LogP contribution in [0, 0.1) is 11.8 Å². The van der Waals surface area contributed by atoms with Crippen LogP contribution in [-0.4, -0.2) is 90.8 Å². The molecule has 2 N–H and O–H groups in total. The maximum atomic E-state index is 14.7. The van der Waals surface area contributed by atoms with Crippen LogP contribution in [0.15, 0.2) is 79.9 Å². The number of carbonyl (C=O) groups is 4. The molecule has 11 heteroatoms. The van der Waals surface area contributed by atoms with Gasteiger partial charge < -0.3 is 34.6 Å². The van der Waals surface area contributed by atoms with Crippen LogP contribution in [0.3, 0.4) is 0 Å². The van der Waals surface area contributed by atoms with Gasteiger partial charge in [0, 0.05) is 50.6 Å². The van der Waals surface area contributed by atoms with E-state index in [-0.39, 0.29) is 56.8 Å². The van der Waals surface area contributed by atoms with Gasteiger partial charge in [0.25, 0.3) is 5.91 Å². The van der Waals surface area contributed by atoms with Crippen molar-refractivity contribution in [1.29, 1.82) is 0 Å². The molecule has 5 rings (SSSR count). The second-order valence-corrected chi connectivity index (χ2v) is 13.1. The van der Waals surface area contributed by atoms with Gasteiger partial charge in [-0.1, -0.05) is 42.5 Å². The van der Waals surface area contributed by atoms with E-state index >= 15 is 0 Å². The molecule has 3 amide bonds. The van der Waals surface area contributed by atoms with Crippen molar-refractivity contribution in [2.75, 3.05) is 49.1 Å². The van der Waals surface area contributed by atoms with Crippen molar-refractivity contribution >= 4 is 35.1 Å². The zero-order chi connectivity index (χ0) is 35.8. The lowest BCUT2D eigenvalue weighted by Crippen LogP contribution is -2.56. The number of esters is 1. The monoisotopic (exact) mass is 686 g/mol. The molecule has 0 aromatic heterocycles. The van der Waals surface area contributed by atoms with Gasteiger partial charge >= 0.3 is 5.97 Å². The lowest BCUT2D eigenvalue weighted by Gasteiger charge is -2.37. The lowest BCUT2D eigenvalue weighted by atomic mass is 9.70. The molecule has 3 heterocycles. The van der Waals surface area contributed by atoms with Crippen molar-refractivity contribution in [3.63, 3.8) is 0 Å². The number of hydrogen-bond donors (Lipinski definition) is 2. The molecule has 0 aliphatic carbocycles. The molecular weight excluding hydrogens is 636 g/mol. The average Bonchev–Trinajstić information content (AvgIpc) is 3.78. The molecule has 2 aromatic carbocycles. The first-order chi connectivity index (χ1) is 24.2. The number of allylic oxidation sites excluding steroid dienone is 1. The highest BCUT2D eigenvalue weighted by Crippen LogP contribution is 2.59. The summed E-state index contributed by atoms with van der Waals surface area (Å²) in [7, 11) is 0. The Labute approximate surface area is 294 Å². The van der Waals surface area contributed by atoms with E-state index in [1.807, 2.05) is 54.6 Å². The number of amides is 3. The van der Waals surface area contributed by atoms with E-state index in [2.05, 4.69) is 37.2 Å². The fraction of sp³-hybridized carbons (Fsp3) is 0.487. The summed E-state index contributed by atoms with van der Waals surface area (Å²) in [6.45, 7) is 13.6. The number of nitrogens with zero attached hydrogens (tertiary/aromatic N) is 3. The van der Waals surface area contributed by atoms with E-state index < -0.39 is 41.7 Å². The predicted octanol–water partition coefficient (Wildman–Crippen LogP) is 4.18. The minimum atomic E-state index is -1.24. The van der Waals surface area contributed by atoms with Crippen LogP contribution in [-0.2, 0) is 28.7 Å². The van der Waals surface area contributed by atoms with Gasteiger partial charge in [0.2, 0.25) is 11.8 Å². The summed E-state index contributed by atoms with van der Waals surface area (Å²) in [5.74, 6) is -3.35. The third-order valence-electron chi connectivity index (χ3n) is 10.2. The van der Waals surface area contributed by atoms with Crippen LogP contribution in [0.2, 0.25) is 0 Å². The van der Waals surface area contributed by atoms with Crippen LogP contribution < -0.4 is 15.1 Å². The molecule has 11 nitrogen and oxygen atoms in total. The molecule has 50 heavy (non-hydrogen) atoms. The molecule has 3 fully saturated rings. The van der Waals surface area contributed by atoms with E-state index in [4.69, 9.17) is 9.47 Å². The van der Waals surface area contributed by atoms with Gasteiger partial charge in [-0.15, -0.1) is 13.2 Å². The van der Waals surface area contributed by atoms with Crippen LogP contribution in [0.4, 0.5) is 11.4 Å². The van der Waals surface area contributed by atoms with Crippen molar-refractivity contribution in [2.45, 2.75) is 69.8 Å². The van der Waals surface area contributed by atoms with Crippen LogP contribution in [0.5, 0.6) is 0 Å². The van der Waals surface area contributed by atoms with E-state index in [0.29, 0.717) is 30.5 Å². The summed E-state index contributed by atoms with van der Waals surface area (Å²) < 4.78 is 12.7. The van der Waals surface area contributed by atoms with Gasteiger partial charge in [0.1, 0.15) is 17.7 Å². The average molecular weight is 687 g/mol. The largest absolute Gasteiger partial charge is 0.455 e. The number of aliphatic hydroxyl groups excluding tert-OH is 1. The normalized spacial score (nSPS) is 24.0. The molecule has 2 aromatic rings. The number of likely N-dealkylation sites (tertiary alicyclic amines) is 1. The van der Waals surface area contributed by atoms with Crippen molar-refractivity contribution in [3.8, 4) is 0 Å². The highest BCUT2D eigenvalue weighted by Gasteiger charge is 2.75. The molecule has 268 valence electrons. The van der Waals surface area contributed by atoms with Gasteiger partial charge in [-0.05, 0) is 69.4 Å².